The van der Waals surface area contributed by atoms with Crippen molar-refractivity contribution >= 4 is 16.9 Å². The van der Waals surface area contributed by atoms with Gasteiger partial charge in [0, 0.05) is 43.7 Å². The zero-order chi connectivity index (χ0) is 18.8. The monoisotopic (exact) mass is 364 g/mol. The summed E-state index contributed by atoms with van der Waals surface area (Å²) in [6, 6.07) is 16.1. The summed E-state index contributed by atoms with van der Waals surface area (Å²) >= 11 is 0. The Kier molecular flexibility index (Phi) is 4.86. The van der Waals surface area contributed by atoms with Crippen LogP contribution in [-0.4, -0.2) is 49.0 Å². The third-order valence-corrected chi connectivity index (χ3v) is 5.25. The molecule has 1 saturated heterocycles. The van der Waals surface area contributed by atoms with Gasteiger partial charge in [-0.3, -0.25) is 9.69 Å². The fourth-order valence-electron chi connectivity index (χ4n) is 3.63. The molecule has 140 valence electrons. The quantitative estimate of drug-likeness (QED) is 0.708. The second-order valence-corrected chi connectivity index (χ2v) is 6.97. The van der Waals surface area contributed by atoms with Gasteiger partial charge in [0.15, 0.2) is 5.76 Å². The van der Waals surface area contributed by atoms with Crippen LogP contribution >= 0.6 is 0 Å². The van der Waals surface area contributed by atoms with Crippen LogP contribution in [0.25, 0.3) is 11.0 Å². The summed E-state index contributed by atoms with van der Waals surface area (Å²) in [7, 11) is 1.64. The fraction of sp³-hybridized carbons (Fsp3) is 0.318. The van der Waals surface area contributed by atoms with Gasteiger partial charge in [-0.2, -0.15) is 0 Å². The van der Waals surface area contributed by atoms with Gasteiger partial charge in [0.25, 0.3) is 5.91 Å². The van der Waals surface area contributed by atoms with Crippen molar-refractivity contribution < 1.29 is 13.9 Å². The number of amides is 1. The van der Waals surface area contributed by atoms with Crippen LogP contribution in [0.2, 0.25) is 0 Å². The van der Waals surface area contributed by atoms with Crippen LogP contribution < -0.4 is 4.74 Å². The Bertz CT molecular complexity index is 941. The summed E-state index contributed by atoms with van der Waals surface area (Å²) in [5, 5.41) is 0.931. The molecule has 0 bridgehead atoms. The minimum atomic E-state index is -0.0259. The molecule has 4 rings (SSSR count). The van der Waals surface area contributed by atoms with E-state index in [-0.39, 0.29) is 5.91 Å². The van der Waals surface area contributed by atoms with Gasteiger partial charge in [-0.1, -0.05) is 30.3 Å². The van der Waals surface area contributed by atoms with E-state index in [1.165, 1.54) is 5.56 Å². The average Bonchev–Trinajstić information content (AvgIpc) is 3.05. The topological polar surface area (TPSA) is 45.9 Å². The van der Waals surface area contributed by atoms with Crippen molar-refractivity contribution in [2.24, 2.45) is 0 Å². The molecular weight excluding hydrogens is 340 g/mol. The molecule has 3 aromatic rings. The highest BCUT2D eigenvalue weighted by Gasteiger charge is 2.26. The van der Waals surface area contributed by atoms with E-state index in [0.717, 1.165) is 41.9 Å². The van der Waals surface area contributed by atoms with E-state index in [9.17, 15) is 4.79 Å². The van der Waals surface area contributed by atoms with Gasteiger partial charge in [-0.25, -0.2) is 0 Å². The van der Waals surface area contributed by atoms with E-state index >= 15 is 0 Å². The third kappa shape index (κ3) is 3.55. The number of furan rings is 1. The van der Waals surface area contributed by atoms with Crippen LogP contribution in [0.5, 0.6) is 5.75 Å². The molecule has 0 unspecified atom stereocenters. The number of carbonyl (C=O) groups is 1. The van der Waals surface area contributed by atoms with Crippen LogP contribution in [0.1, 0.15) is 21.7 Å². The lowest BCUT2D eigenvalue weighted by molar-refractivity contribution is 0.0599. The van der Waals surface area contributed by atoms with Crippen molar-refractivity contribution in [3.8, 4) is 5.75 Å². The highest BCUT2D eigenvalue weighted by Crippen LogP contribution is 2.29. The van der Waals surface area contributed by atoms with E-state index in [1.54, 1.807) is 7.11 Å². The average molecular weight is 364 g/mol. The maximum atomic E-state index is 13.0. The van der Waals surface area contributed by atoms with Gasteiger partial charge in [0.1, 0.15) is 11.3 Å². The van der Waals surface area contributed by atoms with Crippen molar-refractivity contribution in [2.45, 2.75) is 13.5 Å². The first-order valence-electron chi connectivity index (χ1n) is 9.28. The highest BCUT2D eigenvalue weighted by molar-refractivity contribution is 5.99. The summed E-state index contributed by atoms with van der Waals surface area (Å²) < 4.78 is 11.2. The van der Waals surface area contributed by atoms with Gasteiger partial charge < -0.3 is 14.1 Å². The Hall–Kier alpha value is -2.79. The van der Waals surface area contributed by atoms with Crippen molar-refractivity contribution in [1.29, 1.82) is 0 Å². The first kappa shape index (κ1) is 17.6. The van der Waals surface area contributed by atoms with Crippen molar-refractivity contribution in [3.63, 3.8) is 0 Å². The molecule has 0 spiro atoms. The molecule has 5 nitrogen and oxygen atoms in total. The minimum Gasteiger partial charge on any atom is -0.497 e. The van der Waals surface area contributed by atoms with Crippen LogP contribution in [0.15, 0.2) is 52.9 Å². The zero-order valence-corrected chi connectivity index (χ0v) is 15.8. The maximum absolute atomic E-state index is 13.0. The molecule has 1 aromatic heterocycles. The van der Waals surface area contributed by atoms with E-state index in [0.29, 0.717) is 18.8 Å². The van der Waals surface area contributed by atoms with E-state index < -0.39 is 0 Å². The summed E-state index contributed by atoms with van der Waals surface area (Å²) in [5.41, 5.74) is 2.90. The standard InChI is InChI=1S/C22H24N2O3/c1-16-19-14-18(26-2)8-9-20(19)27-21(16)22(25)24-12-10-23(11-13-24)15-17-6-4-3-5-7-17/h3-9,14H,10-13,15H2,1-2H3. The van der Waals surface area contributed by atoms with E-state index in [2.05, 4.69) is 29.2 Å². The number of rotatable bonds is 4. The molecule has 0 aliphatic carbocycles. The third-order valence-electron chi connectivity index (χ3n) is 5.25. The number of ether oxygens (including phenoxy) is 1. The number of carbonyl (C=O) groups excluding carboxylic acids is 1. The molecule has 1 aliphatic rings. The zero-order valence-electron chi connectivity index (χ0n) is 15.8. The van der Waals surface area contributed by atoms with Gasteiger partial charge in [-0.05, 0) is 30.7 Å². The lowest BCUT2D eigenvalue weighted by atomic mass is 10.1. The lowest BCUT2D eigenvalue weighted by Gasteiger charge is -2.34. The second kappa shape index (κ2) is 7.45. The largest absolute Gasteiger partial charge is 0.497 e. The number of fused-ring (bicyclic) bond motifs is 1. The Morgan fingerprint density at radius 1 is 1.07 bits per heavy atom. The molecule has 1 amide bonds. The van der Waals surface area contributed by atoms with E-state index in [4.69, 9.17) is 9.15 Å². The summed E-state index contributed by atoms with van der Waals surface area (Å²) in [4.78, 5) is 17.3. The first-order valence-corrected chi connectivity index (χ1v) is 9.28. The Labute approximate surface area is 159 Å². The minimum absolute atomic E-state index is 0.0259. The lowest BCUT2D eigenvalue weighted by Crippen LogP contribution is -2.48. The Morgan fingerprint density at radius 2 is 1.81 bits per heavy atom. The highest BCUT2D eigenvalue weighted by atomic mass is 16.5. The van der Waals surface area contributed by atoms with Gasteiger partial charge in [-0.15, -0.1) is 0 Å². The fourth-order valence-corrected chi connectivity index (χ4v) is 3.63. The predicted octanol–water partition coefficient (Wildman–Crippen LogP) is 3.71. The van der Waals surface area contributed by atoms with Crippen LogP contribution in [0.4, 0.5) is 0 Å². The molecule has 27 heavy (non-hydrogen) atoms. The molecule has 2 aromatic carbocycles. The van der Waals surface area contributed by atoms with E-state index in [1.807, 2.05) is 36.1 Å². The normalized spacial score (nSPS) is 15.3. The number of nitrogens with zero attached hydrogens (tertiary/aromatic N) is 2. The Morgan fingerprint density at radius 3 is 2.52 bits per heavy atom. The van der Waals surface area contributed by atoms with Crippen LogP contribution in [0.3, 0.4) is 0 Å². The predicted molar refractivity (Wildman–Crippen MR) is 105 cm³/mol. The summed E-state index contributed by atoms with van der Waals surface area (Å²) in [5.74, 6) is 1.18. The molecule has 0 N–H and O–H groups in total. The van der Waals surface area contributed by atoms with Gasteiger partial charge in [0.2, 0.25) is 0 Å². The first-order chi connectivity index (χ1) is 13.2. The molecule has 0 atom stereocenters. The van der Waals surface area contributed by atoms with Gasteiger partial charge >= 0.3 is 0 Å². The van der Waals surface area contributed by atoms with Crippen LogP contribution in [-0.2, 0) is 6.54 Å². The number of hydrogen-bond acceptors (Lipinski definition) is 4. The van der Waals surface area contributed by atoms with Crippen molar-refractivity contribution in [2.75, 3.05) is 33.3 Å². The summed E-state index contributed by atoms with van der Waals surface area (Å²) in [6.07, 6.45) is 0. The maximum Gasteiger partial charge on any atom is 0.289 e. The molecular formula is C22H24N2O3. The molecule has 1 fully saturated rings. The van der Waals surface area contributed by atoms with Crippen molar-refractivity contribution in [1.82, 2.24) is 9.80 Å². The second-order valence-electron chi connectivity index (χ2n) is 6.97. The van der Waals surface area contributed by atoms with Gasteiger partial charge in [0.05, 0.1) is 7.11 Å². The molecule has 5 heteroatoms. The van der Waals surface area contributed by atoms with Crippen LogP contribution in [0, 0.1) is 6.92 Å². The number of hydrogen-bond donors (Lipinski definition) is 0. The molecule has 0 radical (unpaired) electrons. The molecule has 1 aliphatic heterocycles. The smallest absolute Gasteiger partial charge is 0.289 e. The molecule has 2 heterocycles. The SMILES string of the molecule is COc1ccc2oc(C(=O)N3CCN(Cc4ccccc4)CC3)c(C)c2c1. The number of aryl methyl sites for hydroxylation is 1. The number of benzene rings is 2. The Balaban J connectivity index is 1.45. The number of piperazine rings is 1. The summed E-state index contributed by atoms with van der Waals surface area (Å²) in [6.45, 7) is 6.02. The molecule has 0 saturated carbocycles. The van der Waals surface area contributed by atoms with Crippen molar-refractivity contribution in [3.05, 3.63) is 65.4 Å². The number of methoxy groups -OCH3 is 1.